The standard InChI is InChI=1S/C56H59N9O7S/c1-33(63-26-28-64(29-27-63)36-14-19-42-46(30-36)62(3)61-51(42)43-21-23-50(66)59-54(43)68)32-71-37-15-17-38(18-16-37)72-47-12-7-9-39(34(47)2)40-20-22-49(58-52(40)55(69)70)65-25-24-35-8-6-10-41(44(35)31-65)53(67)60-56-57-45-11-4-5-13-48(45)73-56/h4-14,19-20,22,30,33,37-38,43H,15-18,21,23-29,31-32H2,1-3H3,(H,69,70)(H,57,60,67)(H,59,66,68)/t33-,37?,38?,43?/m0/s1. The molecule has 3 fully saturated rings. The molecule has 17 heteroatoms. The van der Waals surface area contributed by atoms with Gasteiger partial charge in [0.15, 0.2) is 10.8 Å². The zero-order valence-electron chi connectivity index (χ0n) is 41.3. The summed E-state index contributed by atoms with van der Waals surface area (Å²) in [4.78, 5) is 67.2. The van der Waals surface area contributed by atoms with E-state index in [1.165, 1.54) is 11.3 Å². The number of piperazine rings is 1. The molecule has 6 heterocycles. The maximum atomic E-state index is 13.7. The topological polar surface area (TPSA) is 184 Å². The zero-order chi connectivity index (χ0) is 50.3. The number of carbonyl (C=O) groups excluding carboxylic acids is 3. The average molecular weight is 1000 g/mol. The van der Waals surface area contributed by atoms with E-state index >= 15 is 0 Å². The second-order valence-electron chi connectivity index (χ2n) is 19.8. The molecule has 0 spiro atoms. The summed E-state index contributed by atoms with van der Waals surface area (Å²) in [5.41, 5.74) is 8.30. The number of imide groups is 1. The van der Waals surface area contributed by atoms with Crippen LogP contribution in [0.25, 0.3) is 32.2 Å². The number of nitrogens with zero attached hydrogens (tertiary/aromatic N) is 7. The van der Waals surface area contributed by atoms with Crippen LogP contribution in [0.1, 0.15) is 94.6 Å². The molecule has 3 aliphatic heterocycles. The van der Waals surface area contributed by atoms with E-state index < -0.39 is 11.9 Å². The van der Waals surface area contributed by atoms with Crippen LogP contribution in [0.3, 0.4) is 0 Å². The molecule has 11 rings (SSSR count). The van der Waals surface area contributed by atoms with Gasteiger partial charge in [0.25, 0.3) is 5.91 Å². The highest BCUT2D eigenvalue weighted by molar-refractivity contribution is 7.22. The van der Waals surface area contributed by atoms with E-state index in [1.54, 1.807) is 0 Å². The third-order valence-corrected chi connectivity index (χ3v) is 16.2. The third-order valence-electron chi connectivity index (χ3n) is 15.2. The Morgan fingerprint density at radius 2 is 1.64 bits per heavy atom. The minimum Gasteiger partial charge on any atom is -0.490 e. The maximum Gasteiger partial charge on any atom is 0.355 e. The number of aromatic carboxylic acids is 1. The van der Waals surface area contributed by atoms with Gasteiger partial charge in [-0.15, -0.1) is 0 Å². The first-order valence-electron chi connectivity index (χ1n) is 25.4. The predicted octanol–water partition coefficient (Wildman–Crippen LogP) is 8.50. The molecule has 3 N–H and O–H groups in total. The molecule has 16 nitrogen and oxygen atoms in total. The quantitative estimate of drug-likeness (QED) is 0.0936. The average Bonchev–Trinajstić information content (AvgIpc) is 3.97. The number of para-hydroxylation sites is 1. The lowest BCUT2D eigenvalue weighted by atomic mass is 9.93. The fourth-order valence-electron chi connectivity index (χ4n) is 11.1. The Morgan fingerprint density at radius 3 is 2.44 bits per heavy atom. The van der Waals surface area contributed by atoms with Gasteiger partial charge < -0.3 is 24.4 Å². The molecular formula is C56H59N9O7S. The van der Waals surface area contributed by atoms with Crippen LogP contribution in [0.15, 0.2) is 91.0 Å². The van der Waals surface area contributed by atoms with Crippen molar-refractivity contribution in [2.45, 2.75) is 89.5 Å². The molecule has 3 amide bonds. The van der Waals surface area contributed by atoms with E-state index in [-0.39, 0.29) is 41.7 Å². The molecule has 376 valence electrons. The molecule has 0 radical (unpaired) electrons. The number of carboxylic acids is 1. The number of amides is 3. The van der Waals surface area contributed by atoms with E-state index in [0.717, 1.165) is 112 Å². The van der Waals surface area contributed by atoms with Crippen LogP contribution in [0.5, 0.6) is 5.75 Å². The van der Waals surface area contributed by atoms with Gasteiger partial charge in [-0.2, -0.15) is 5.10 Å². The SMILES string of the molecule is Cc1c(OC2CCC(OC[C@H](C)N3CCN(c4ccc5c(C6CCC(=O)NC6=O)nn(C)c5c4)CC3)CC2)cccc1-c1ccc(N2CCc3cccc(C(=O)Nc4nc5ccccc5s4)c3C2)nc1C(=O)O. The lowest BCUT2D eigenvalue weighted by Gasteiger charge is -2.39. The van der Waals surface area contributed by atoms with Crippen LogP contribution in [-0.2, 0) is 34.3 Å². The molecule has 73 heavy (non-hydrogen) atoms. The number of aryl methyl sites for hydroxylation is 1. The van der Waals surface area contributed by atoms with Crippen molar-refractivity contribution >= 4 is 72.8 Å². The summed E-state index contributed by atoms with van der Waals surface area (Å²) in [7, 11) is 1.91. The number of carbonyl (C=O) groups is 4. The fourth-order valence-corrected chi connectivity index (χ4v) is 12.0. The number of hydrogen-bond donors (Lipinski definition) is 3. The summed E-state index contributed by atoms with van der Waals surface area (Å²) in [6.07, 6.45) is 5.17. The van der Waals surface area contributed by atoms with Gasteiger partial charge in [0.05, 0.1) is 46.2 Å². The summed E-state index contributed by atoms with van der Waals surface area (Å²) in [5.74, 6) is -1.00. The van der Waals surface area contributed by atoms with Crippen LogP contribution in [-0.4, -0.2) is 111 Å². The minimum absolute atomic E-state index is 0.0171. The molecule has 1 aliphatic carbocycles. The van der Waals surface area contributed by atoms with Gasteiger partial charge in [-0.3, -0.25) is 34.6 Å². The van der Waals surface area contributed by atoms with E-state index in [0.29, 0.717) is 61.0 Å². The highest BCUT2D eigenvalue weighted by Gasteiger charge is 2.33. The number of anilines is 3. The number of ether oxygens (including phenoxy) is 2. The smallest absolute Gasteiger partial charge is 0.355 e. The van der Waals surface area contributed by atoms with Gasteiger partial charge in [-0.25, -0.2) is 14.8 Å². The number of rotatable bonds is 13. The van der Waals surface area contributed by atoms with Crippen LogP contribution >= 0.6 is 11.3 Å². The monoisotopic (exact) mass is 1000 g/mol. The van der Waals surface area contributed by atoms with Crippen molar-refractivity contribution < 1.29 is 33.8 Å². The Balaban J connectivity index is 0.672. The number of aromatic nitrogens is 4. The molecule has 2 atom stereocenters. The van der Waals surface area contributed by atoms with Gasteiger partial charge in [0.1, 0.15) is 11.6 Å². The Kier molecular flexibility index (Phi) is 13.4. The number of carboxylic acid groups (broad SMARTS) is 1. The molecule has 7 aromatic rings. The first-order chi connectivity index (χ1) is 35.4. The van der Waals surface area contributed by atoms with Crippen molar-refractivity contribution in [3.8, 4) is 16.9 Å². The number of benzene rings is 4. The van der Waals surface area contributed by atoms with Crippen LogP contribution in [0.4, 0.5) is 16.6 Å². The van der Waals surface area contributed by atoms with Crippen molar-refractivity contribution in [1.29, 1.82) is 0 Å². The normalized spacial score (nSPS) is 20.0. The Labute approximate surface area is 427 Å². The maximum absolute atomic E-state index is 13.7. The molecule has 1 unspecified atom stereocenters. The molecule has 3 aromatic heterocycles. The molecule has 1 saturated carbocycles. The van der Waals surface area contributed by atoms with E-state index in [9.17, 15) is 24.3 Å². The number of fused-ring (bicyclic) bond motifs is 3. The summed E-state index contributed by atoms with van der Waals surface area (Å²) in [6.45, 7) is 9.54. The first kappa shape index (κ1) is 48.1. The molecule has 0 bridgehead atoms. The first-order valence-corrected chi connectivity index (χ1v) is 26.2. The predicted molar refractivity (Wildman–Crippen MR) is 282 cm³/mol. The lowest BCUT2D eigenvalue weighted by molar-refractivity contribution is -0.134. The van der Waals surface area contributed by atoms with Crippen molar-refractivity contribution in [2.24, 2.45) is 7.05 Å². The van der Waals surface area contributed by atoms with Gasteiger partial charge in [0.2, 0.25) is 11.8 Å². The second kappa shape index (κ2) is 20.4. The summed E-state index contributed by atoms with van der Waals surface area (Å²) in [5, 5.41) is 22.2. The van der Waals surface area contributed by atoms with Gasteiger partial charge in [-0.05, 0) is 129 Å². The minimum atomic E-state index is -1.12. The fraction of sp³-hybridized carbons (Fsp3) is 0.375. The zero-order valence-corrected chi connectivity index (χ0v) is 42.1. The molecule has 4 aliphatic rings. The van der Waals surface area contributed by atoms with Gasteiger partial charge in [0, 0.05) is 81.0 Å². The molecule has 2 saturated heterocycles. The van der Waals surface area contributed by atoms with Crippen molar-refractivity contribution in [2.75, 3.05) is 54.4 Å². The van der Waals surface area contributed by atoms with Crippen molar-refractivity contribution in [3.63, 3.8) is 0 Å². The van der Waals surface area contributed by atoms with Crippen LogP contribution in [0.2, 0.25) is 0 Å². The van der Waals surface area contributed by atoms with E-state index in [2.05, 4.69) is 50.5 Å². The number of thiazole rings is 1. The number of hydrogen-bond acceptors (Lipinski definition) is 13. The van der Waals surface area contributed by atoms with Crippen LogP contribution in [0, 0.1) is 6.92 Å². The lowest BCUT2D eigenvalue weighted by Crippen LogP contribution is -2.51. The van der Waals surface area contributed by atoms with Crippen LogP contribution < -0.4 is 25.2 Å². The van der Waals surface area contributed by atoms with E-state index in [1.807, 2.05) is 96.3 Å². The largest absolute Gasteiger partial charge is 0.490 e. The number of pyridine rings is 1. The highest BCUT2D eigenvalue weighted by atomic mass is 32.1. The summed E-state index contributed by atoms with van der Waals surface area (Å²) >= 11 is 1.43. The molecular weight excluding hydrogens is 943 g/mol. The van der Waals surface area contributed by atoms with Crippen molar-refractivity contribution in [1.82, 2.24) is 30.0 Å². The number of nitrogens with one attached hydrogen (secondary N) is 2. The number of piperidine rings is 1. The third kappa shape index (κ3) is 9.88. The Bertz CT molecular complexity index is 3230. The highest BCUT2D eigenvalue weighted by Crippen LogP contribution is 2.37. The van der Waals surface area contributed by atoms with Gasteiger partial charge in [-0.1, -0.05) is 47.7 Å². The van der Waals surface area contributed by atoms with E-state index in [4.69, 9.17) is 19.6 Å². The van der Waals surface area contributed by atoms with Gasteiger partial charge >= 0.3 is 5.97 Å². The van der Waals surface area contributed by atoms with Crippen molar-refractivity contribution in [3.05, 3.63) is 125 Å². The summed E-state index contributed by atoms with van der Waals surface area (Å²) < 4.78 is 16.0. The summed E-state index contributed by atoms with van der Waals surface area (Å²) in [6, 6.07) is 29.7. The Morgan fingerprint density at radius 1 is 0.849 bits per heavy atom. The molecule has 4 aromatic carbocycles. The Hall–Kier alpha value is -7.21. The second-order valence-corrected chi connectivity index (χ2v) is 20.8.